The first-order valence-corrected chi connectivity index (χ1v) is 7.79. The van der Waals surface area contributed by atoms with E-state index in [9.17, 15) is 9.59 Å². The van der Waals surface area contributed by atoms with Crippen molar-refractivity contribution in [2.24, 2.45) is 0 Å². The number of methoxy groups -OCH3 is 1. The maximum atomic E-state index is 12.3. The van der Waals surface area contributed by atoms with Crippen molar-refractivity contribution >= 4 is 11.8 Å². The summed E-state index contributed by atoms with van der Waals surface area (Å²) in [5, 5.41) is 0. The molecule has 2 atom stereocenters. The van der Waals surface area contributed by atoms with Crippen LogP contribution in [0.2, 0.25) is 0 Å². The van der Waals surface area contributed by atoms with Crippen molar-refractivity contribution < 1.29 is 19.1 Å². The minimum absolute atomic E-state index is 0.0101. The van der Waals surface area contributed by atoms with Gasteiger partial charge in [0.25, 0.3) is 0 Å². The van der Waals surface area contributed by atoms with Gasteiger partial charge >= 0.3 is 0 Å². The molecule has 1 aromatic rings. The fourth-order valence-corrected chi connectivity index (χ4v) is 2.62. The van der Waals surface area contributed by atoms with Crippen molar-refractivity contribution in [3.63, 3.8) is 0 Å². The van der Waals surface area contributed by atoms with Crippen LogP contribution in [0.1, 0.15) is 20.3 Å². The van der Waals surface area contributed by atoms with Gasteiger partial charge in [-0.1, -0.05) is 0 Å². The second-order valence-corrected chi connectivity index (χ2v) is 5.71. The van der Waals surface area contributed by atoms with Crippen molar-refractivity contribution in [3.8, 4) is 11.5 Å². The van der Waals surface area contributed by atoms with Gasteiger partial charge in [-0.05, 0) is 44.5 Å². The normalized spacial score (nSPS) is 21.6. The third-order valence-electron chi connectivity index (χ3n) is 4.27. The van der Waals surface area contributed by atoms with Crippen LogP contribution in [-0.4, -0.2) is 61.0 Å². The zero-order valence-corrected chi connectivity index (χ0v) is 14.1. The summed E-state index contributed by atoms with van der Waals surface area (Å²) in [5.74, 6) is 1.51. The number of likely N-dealkylation sites (N-methyl/N-ethyl adjacent to an activating group) is 1. The van der Waals surface area contributed by atoms with Crippen LogP contribution in [0.5, 0.6) is 11.5 Å². The number of carbonyl (C=O) groups excluding carboxylic acids is 2. The molecule has 23 heavy (non-hydrogen) atoms. The number of benzene rings is 1. The van der Waals surface area contributed by atoms with Gasteiger partial charge in [-0.2, -0.15) is 0 Å². The molecule has 1 heterocycles. The third-order valence-corrected chi connectivity index (χ3v) is 4.27. The van der Waals surface area contributed by atoms with Gasteiger partial charge in [0.05, 0.1) is 13.7 Å². The molecule has 1 aliphatic rings. The Morgan fingerprint density at radius 3 is 2.22 bits per heavy atom. The molecule has 0 bridgehead atoms. The van der Waals surface area contributed by atoms with Crippen LogP contribution in [0, 0.1) is 0 Å². The zero-order valence-electron chi connectivity index (χ0n) is 14.1. The Labute approximate surface area is 137 Å². The highest BCUT2D eigenvalue weighted by Gasteiger charge is 2.39. The van der Waals surface area contributed by atoms with Crippen molar-refractivity contribution in [1.29, 1.82) is 0 Å². The molecular weight excluding hydrogens is 296 g/mol. The minimum Gasteiger partial charge on any atom is -0.497 e. The fourth-order valence-electron chi connectivity index (χ4n) is 2.62. The summed E-state index contributed by atoms with van der Waals surface area (Å²) in [7, 11) is 3.29. The van der Waals surface area contributed by atoms with E-state index < -0.39 is 12.1 Å². The predicted octanol–water partition coefficient (Wildman–Crippen LogP) is 1.54. The van der Waals surface area contributed by atoms with E-state index in [2.05, 4.69) is 0 Å². The lowest BCUT2D eigenvalue weighted by atomic mass is 10.1. The second kappa shape index (κ2) is 7.35. The van der Waals surface area contributed by atoms with Gasteiger partial charge in [0, 0.05) is 13.6 Å². The Morgan fingerprint density at radius 2 is 1.61 bits per heavy atom. The van der Waals surface area contributed by atoms with E-state index in [0.29, 0.717) is 19.6 Å². The molecule has 0 N–H and O–H groups in total. The van der Waals surface area contributed by atoms with Crippen LogP contribution in [-0.2, 0) is 9.59 Å². The Kier molecular flexibility index (Phi) is 5.47. The van der Waals surface area contributed by atoms with E-state index in [4.69, 9.17) is 9.47 Å². The van der Waals surface area contributed by atoms with Crippen molar-refractivity contribution in [3.05, 3.63) is 24.3 Å². The monoisotopic (exact) mass is 320 g/mol. The lowest BCUT2D eigenvalue weighted by Gasteiger charge is -2.41. The predicted molar refractivity (Wildman–Crippen MR) is 86.5 cm³/mol. The highest BCUT2D eigenvalue weighted by atomic mass is 16.5. The van der Waals surface area contributed by atoms with Crippen LogP contribution < -0.4 is 9.47 Å². The van der Waals surface area contributed by atoms with E-state index in [1.54, 1.807) is 32.9 Å². The van der Waals surface area contributed by atoms with Crippen molar-refractivity contribution in [2.75, 3.05) is 27.3 Å². The molecule has 0 unspecified atom stereocenters. The van der Waals surface area contributed by atoms with Crippen molar-refractivity contribution in [2.45, 2.75) is 32.4 Å². The summed E-state index contributed by atoms with van der Waals surface area (Å²) < 4.78 is 10.7. The SMILES string of the molecule is COc1ccc(OCCCN2C(=O)[C@H](C)N(C)C(=O)[C@@H]2C)cc1. The van der Waals surface area contributed by atoms with Gasteiger partial charge in [0.1, 0.15) is 23.6 Å². The highest BCUT2D eigenvalue weighted by Crippen LogP contribution is 2.18. The quantitative estimate of drug-likeness (QED) is 0.746. The van der Waals surface area contributed by atoms with Gasteiger partial charge < -0.3 is 19.3 Å². The topological polar surface area (TPSA) is 59.1 Å². The van der Waals surface area contributed by atoms with Crippen molar-refractivity contribution in [1.82, 2.24) is 9.80 Å². The van der Waals surface area contributed by atoms with Gasteiger partial charge in [0.2, 0.25) is 11.8 Å². The molecule has 126 valence electrons. The van der Waals surface area contributed by atoms with E-state index >= 15 is 0 Å². The van der Waals surface area contributed by atoms with Gasteiger partial charge in [-0.3, -0.25) is 9.59 Å². The smallest absolute Gasteiger partial charge is 0.245 e. The largest absolute Gasteiger partial charge is 0.497 e. The molecule has 0 radical (unpaired) electrons. The van der Waals surface area contributed by atoms with Crippen LogP contribution >= 0.6 is 0 Å². The fraction of sp³-hybridized carbons (Fsp3) is 0.529. The minimum atomic E-state index is -0.412. The Morgan fingerprint density at radius 1 is 1.00 bits per heavy atom. The Hall–Kier alpha value is -2.24. The average Bonchev–Trinajstić information content (AvgIpc) is 2.58. The standard InChI is InChI=1S/C17H24N2O4/c1-12-17(21)19(13(2)16(20)18(12)3)10-5-11-23-15-8-6-14(22-4)7-9-15/h6-9,12-13H,5,10-11H2,1-4H3/t12-,13-/m0/s1. The van der Waals surface area contributed by atoms with Crippen LogP contribution in [0.4, 0.5) is 0 Å². The highest BCUT2D eigenvalue weighted by molar-refractivity contribution is 5.96. The van der Waals surface area contributed by atoms with E-state index in [1.807, 2.05) is 24.3 Å². The summed E-state index contributed by atoms with van der Waals surface area (Å²) in [6.45, 7) is 4.53. The van der Waals surface area contributed by atoms with Crippen LogP contribution in [0.15, 0.2) is 24.3 Å². The number of amides is 2. The number of carbonyl (C=O) groups is 2. The number of hydrogen-bond acceptors (Lipinski definition) is 4. The summed E-state index contributed by atoms with van der Waals surface area (Å²) in [6, 6.07) is 6.54. The molecule has 0 spiro atoms. The molecule has 1 aromatic carbocycles. The first-order chi connectivity index (χ1) is 11.0. The number of piperazine rings is 1. The molecule has 6 nitrogen and oxygen atoms in total. The molecule has 0 saturated carbocycles. The first-order valence-electron chi connectivity index (χ1n) is 7.79. The molecule has 1 saturated heterocycles. The molecule has 2 rings (SSSR count). The molecule has 2 amide bonds. The van der Waals surface area contributed by atoms with Crippen LogP contribution in [0.25, 0.3) is 0 Å². The summed E-state index contributed by atoms with van der Waals surface area (Å²) in [5.41, 5.74) is 0. The molecule has 1 aliphatic heterocycles. The molecule has 1 fully saturated rings. The maximum absolute atomic E-state index is 12.3. The van der Waals surface area contributed by atoms with Gasteiger partial charge in [-0.25, -0.2) is 0 Å². The van der Waals surface area contributed by atoms with E-state index in [0.717, 1.165) is 11.5 Å². The molecule has 6 heteroatoms. The second-order valence-electron chi connectivity index (χ2n) is 5.71. The third kappa shape index (κ3) is 3.75. The van der Waals surface area contributed by atoms with Gasteiger partial charge in [-0.15, -0.1) is 0 Å². The summed E-state index contributed by atoms with van der Waals surface area (Å²) in [6.07, 6.45) is 0.672. The number of rotatable bonds is 6. The number of hydrogen-bond donors (Lipinski definition) is 0. The first kappa shape index (κ1) is 17.1. The van der Waals surface area contributed by atoms with Crippen LogP contribution in [0.3, 0.4) is 0 Å². The summed E-state index contributed by atoms with van der Waals surface area (Å²) in [4.78, 5) is 27.6. The summed E-state index contributed by atoms with van der Waals surface area (Å²) >= 11 is 0. The number of ether oxygens (including phenoxy) is 2. The lowest BCUT2D eigenvalue weighted by molar-refractivity contribution is -0.158. The molecule has 0 aliphatic carbocycles. The number of nitrogens with zero attached hydrogens (tertiary/aromatic N) is 2. The molecule has 0 aromatic heterocycles. The Balaban J connectivity index is 1.82. The lowest BCUT2D eigenvalue weighted by Crippen LogP contribution is -2.61. The maximum Gasteiger partial charge on any atom is 0.245 e. The van der Waals surface area contributed by atoms with E-state index in [1.165, 1.54) is 4.90 Å². The average molecular weight is 320 g/mol. The zero-order chi connectivity index (χ0) is 17.0. The van der Waals surface area contributed by atoms with Gasteiger partial charge in [0.15, 0.2) is 0 Å². The van der Waals surface area contributed by atoms with E-state index in [-0.39, 0.29) is 11.8 Å². The molecular formula is C17H24N2O4. The Bertz CT molecular complexity index is 558.